The summed E-state index contributed by atoms with van der Waals surface area (Å²) in [6, 6.07) is 19.8. The summed E-state index contributed by atoms with van der Waals surface area (Å²) in [6.07, 6.45) is 4.96. The normalized spacial score (nSPS) is 23.1. The van der Waals surface area contributed by atoms with Gasteiger partial charge in [-0.05, 0) is 61.5 Å². The molecule has 3 aromatic rings. The third kappa shape index (κ3) is 4.10. The minimum absolute atomic E-state index is 0.137. The third-order valence-electron chi connectivity index (χ3n) is 7.78. The van der Waals surface area contributed by atoms with Crippen molar-refractivity contribution in [1.29, 1.82) is 0 Å². The fourth-order valence-corrected chi connectivity index (χ4v) is 5.96. The topological polar surface area (TPSA) is 91.8 Å². The first-order valence-corrected chi connectivity index (χ1v) is 13.2. The molecule has 4 atom stereocenters. The second kappa shape index (κ2) is 9.84. The zero-order chi connectivity index (χ0) is 28.1. The van der Waals surface area contributed by atoms with Crippen molar-refractivity contribution in [2.45, 2.75) is 19.0 Å². The molecule has 2 amide bonds. The molecule has 0 radical (unpaired) electrons. The van der Waals surface area contributed by atoms with Gasteiger partial charge in [-0.15, -0.1) is 0 Å². The van der Waals surface area contributed by atoms with Gasteiger partial charge in [0.1, 0.15) is 6.04 Å². The lowest BCUT2D eigenvalue weighted by Crippen LogP contribution is -2.46. The van der Waals surface area contributed by atoms with E-state index < -0.39 is 35.7 Å². The Morgan fingerprint density at radius 1 is 0.750 bits per heavy atom. The van der Waals surface area contributed by atoms with Crippen LogP contribution in [0.4, 0.5) is 5.69 Å². The van der Waals surface area contributed by atoms with Crippen molar-refractivity contribution in [3.05, 3.63) is 125 Å². The van der Waals surface area contributed by atoms with Gasteiger partial charge in [0.15, 0.2) is 17.3 Å². The fourth-order valence-electron chi connectivity index (χ4n) is 5.84. The first-order valence-electron chi connectivity index (χ1n) is 12.8. The number of allylic oxidation sites excluding steroid dienone is 2. The summed E-state index contributed by atoms with van der Waals surface area (Å²) in [4.78, 5) is 69.5. The standard InChI is InChI=1S/C32H23ClN2O5/c1-18(36)19-9-13-24(14-10-19)35-31(39)26-25-17-22(29(37)20-5-3-2-4-6-20)15-16-34(25)28(27(26)32(35)40)30(38)21-7-11-23(33)12-8-21/h2-17,25-28H,1H3/t25-,26+,27-,28+/m1/s1. The summed E-state index contributed by atoms with van der Waals surface area (Å²) in [5.41, 5.74) is 2.03. The Kier molecular flexibility index (Phi) is 6.31. The average molecular weight is 551 g/mol. The van der Waals surface area contributed by atoms with Crippen LogP contribution in [0.15, 0.2) is 103 Å². The van der Waals surface area contributed by atoms with Crippen molar-refractivity contribution in [2.24, 2.45) is 11.8 Å². The minimum atomic E-state index is -0.972. The van der Waals surface area contributed by atoms with Gasteiger partial charge in [0.2, 0.25) is 11.8 Å². The van der Waals surface area contributed by atoms with Crippen molar-refractivity contribution in [3.63, 3.8) is 0 Å². The van der Waals surface area contributed by atoms with Crippen LogP contribution < -0.4 is 4.90 Å². The van der Waals surface area contributed by atoms with E-state index in [9.17, 15) is 24.0 Å². The molecule has 0 aliphatic carbocycles. The van der Waals surface area contributed by atoms with Crippen LogP contribution in [0, 0.1) is 11.8 Å². The lowest BCUT2D eigenvalue weighted by atomic mass is 9.85. The van der Waals surface area contributed by atoms with Gasteiger partial charge in [-0.3, -0.25) is 24.0 Å². The van der Waals surface area contributed by atoms with E-state index in [0.29, 0.717) is 33.0 Å². The first kappa shape index (κ1) is 25.6. The van der Waals surface area contributed by atoms with E-state index >= 15 is 0 Å². The number of carbonyl (C=O) groups excluding carboxylic acids is 5. The van der Waals surface area contributed by atoms with Gasteiger partial charge in [0.25, 0.3) is 0 Å². The number of Topliss-reactive ketones (excluding diaryl/α,β-unsaturated/α-hetero) is 3. The van der Waals surface area contributed by atoms with Crippen LogP contribution in [0.25, 0.3) is 0 Å². The maximum atomic E-state index is 13.9. The van der Waals surface area contributed by atoms with E-state index in [-0.39, 0.29) is 17.3 Å². The van der Waals surface area contributed by atoms with Gasteiger partial charge < -0.3 is 4.90 Å². The maximum Gasteiger partial charge on any atom is 0.240 e. The number of amides is 2. The number of rotatable bonds is 6. The van der Waals surface area contributed by atoms with Crippen molar-refractivity contribution >= 4 is 46.5 Å². The van der Waals surface area contributed by atoms with Gasteiger partial charge in [0, 0.05) is 33.5 Å². The predicted molar refractivity (Wildman–Crippen MR) is 149 cm³/mol. The molecule has 6 rings (SSSR count). The number of fused-ring (bicyclic) bond motifs is 3. The van der Waals surface area contributed by atoms with Crippen molar-refractivity contribution in [1.82, 2.24) is 4.90 Å². The van der Waals surface area contributed by atoms with Crippen LogP contribution >= 0.6 is 11.6 Å². The molecule has 3 aliphatic heterocycles. The van der Waals surface area contributed by atoms with Crippen LogP contribution in [0.5, 0.6) is 0 Å². The second-order valence-corrected chi connectivity index (χ2v) is 10.5. The lowest BCUT2D eigenvalue weighted by molar-refractivity contribution is -0.123. The highest BCUT2D eigenvalue weighted by Crippen LogP contribution is 2.47. The SMILES string of the molecule is CC(=O)c1ccc(N2C(=O)[C@@H]3[C@@H](C2=O)[C@@H](C(=O)c2ccc(Cl)cc2)N2C=CC(C(=O)c4ccccc4)=C[C@H]32)cc1. The molecular weight excluding hydrogens is 528 g/mol. The molecule has 3 aromatic carbocycles. The van der Waals surface area contributed by atoms with Crippen LogP contribution in [0.2, 0.25) is 5.02 Å². The van der Waals surface area contributed by atoms with Crippen molar-refractivity contribution < 1.29 is 24.0 Å². The van der Waals surface area contributed by atoms with Crippen molar-refractivity contribution in [3.8, 4) is 0 Å². The first-order chi connectivity index (χ1) is 19.3. The Labute approximate surface area is 235 Å². The smallest absolute Gasteiger partial charge is 0.240 e. The number of hydrogen-bond donors (Lipinski definition) is 0. The number of halogens is 1. The van der Waals surface area contributed by atoms with Crippen molar-refractivity contribution in [2.75, 3.05) is 4.90 Å². The summed E-state index contributed by atoms with van der Waals surface area (Å²) >= 11 is 6.03. The number of hydrogen-bond acceptors (Lipinski definition) is 6. The van der Waals surface area contributed by atoms with Gasteiger partial charge in [-0.25, -0.2) is 4.90 Å². The Bertz CT molecular complexity index is 1630. The van der Waals surface area contributed by atoms with E-state index in [1.807, 2.05) is 6.07 Å². The molecule has 0 aromatic heterocycles. The van der Waals surface area contributed by atoms with E-state index in [2.05, 4.69) is 0 Å². The number of benzene rings is 3. The summed E-state index contributed by atoms with van der Waals surface area (Å²) in [6.45, 7) is 1.43. The van der Waals surface area contributed by atoms with E-state index in [0.717, 1.165) is 4.90 Å². The lowest BCUT2D eigenvalue weighted by Gasteiger charge is -2.32. The Balaban J connectivity index is 1.42. The molecule has 2 saturated heterocycles. The van der Waals surface area contributed by atoms with E-state index in [4.69, 9.17) is 11.6 Å². The molecule has 0 N–H and O–H groups in total. The van der Waals surface area contributed by atoms with Crippen LogP contribution in [-0.4, -0.2) is 46.1 Å². The molecule has 40 heavy (non-hydrogen) atoms. The van der Waals surface area contributed by atoms with E-state index in [1.165, 1.54) is 6.92 Å². The molecule has 0 spiro atoms. The van der Waals surface area contributed by atoms with E-state index in [1.54, 1.807) is 96.0 Å². The minimum Gasteiger partial charge on any atom is -0.359 e. The fraction of sp³-hybridized carbons (Fsp3) is 0.156. The molecule has 7 nitrogen and oxygen atoms in total. The Hall–Kier alpha value is -4.62. The third-order valence-corrected chi connectivity index (χ3v) is 8.03. The monoisotopic (exact) mass is 550 g/mol. The molecule has 0 unspecified atom stereocenters. The Morgan fingerprint density at radius 2 is 1.38 bits per heavy atom. The second-order valence-electron chi connectivity index (χ2n) is 10.1. The van der Waals surface area contributed by atoms with Gasteiger partial charge in [-0.2, -0.15) is 0 Å². The number of ketones is 3. The number of imide groups is 1. The average Bonchev–Trinajstić information content (AvgIpc) is 3.44. The molecule has 198 valence electrons. The zero-order valence-electron chi connectivity index (χ0n) is 21.4. The summed E-state index contributed by atoms with van der Waals surface area (Å²) in [5.74, 6) is -3.48. The molecule has 2 fully saturated rings. The molecular formula is C32H23ClN2O5. The largest absolute Gasteiger partial charge is 0.359 e. The Morgan fingerprint density at radius 3 is 2.02 bits per heavy atom. The number of nitrogens with zero attached hydrogens (tertiary/aromatic N) is 2. The molecule has 0 bridgehead atoms. The highest BCUT2D eigenvalue weighted by molar-refractivity contribution is 6.30. The van der Waals surface area contributed by atoms with Gasteiger partial charge in [-0.1, -0.05) is 48.0 Å². The highest BCUT2D eigenvalue weighted by Gasteiger charge is 2.63. The summed E-state index contributed by atoms with van der Waals surface area (Å²) < 4.78 is 0. The van der Waals surface area contributed by atoms with Crippen LogP contribution in [-0.2, 0) is 9.59 Å². The quantitative estimate of drug-likeness (QED) is 0.319. The van der Waals surface area contributed by atoms with Crippen LogP contribution in [0.1, 0.15) is 38.0 Å². The summed E-state index contributed by atoms with van der Waals surface area (Å²) in [5, 5.41) is 0.468. The van der Waals surface area contributed by atoms with Crippen LogP contribution in [0.3, 0.4) is 0 Å². The van der Waals surface area contributed by atoms with Gasteiger partial charge >= 0.3 is 0 Å². The maximum absolute atomic E-state index is 13.9. The molecule has 0 saturated carbocycles. The number of anilines is 1. The molecule has 3 aliphatic rings. The molecule has 3 heterocycles. The summed E-state index contributed by atoms with van der Waals surface area (Å²) in [7, 11) is 0. The predicted octanol–water partition coefficient (Wildman–Crippen LogP) is 4.92. The zero-order valence-corrected chi connectivity index (χ0v) is 22.1. The highest BCUT2D eigenvalue weighted by atomic mass is 35.5. The van der Waals surface area contributed by atoms with Gasteiger partial charge in [0.05, 0.1) is 23.6 Å². The number of carbonyl (C=O) groups is 5. The molecule has 8 heteroatoms.